The summed E-state index contributed by atoms with van der Waals surface area (Å²) < 4.78 is 36.3. The van der Waals surface area contributed by atoms with Crippen molar-refractivity contribution in [2.45, 2.75) is 25.3 Å². The standard InChI is InChI=1S/C23H28N2O7S/c1-5-12-31-22(27)24(23(28)32-13-6-2)25(33(4,29)30)21-15-17(3)14-19(20(21)16-26)18-10-8-7-9-11-18/h5-11,15-16,19-21H,1-2,12-14H2,3-4H3/t19-,20-,21-/m1/s1. The van der Waals surface area contributed by atoms with E-state index < -0.39 is 34.2 Å². The van der Waals surface area contributed by atoms with Crippen LogP contribution >= 0.6 is 0 Å². The van der Waals surface area contributed by atoms with Gasteiger partial charge < -0.3 is 14.3 Å². The number of aldehydes is 1. The van der Waals surface area contributed by atoms with Crippen molar-refractivity contribution in [2.75, 3.05) is 19.5 Å². The van der Waals surface area contributed by atoms with E-state index in [1.807, 2.05) is 30.3 Å². The Kier molecular flexibility index (Phi) is 9.12. The predicted molar refractivity (Wildman–Crippen MR) is 123 cm³/mol. The fourth-order valence-electron chi connectivity index (χ4n) is 3.74. The van der Waals surface area contributed by atoms with Crippen LogP contribution in [0.1, 0.15) is 24.8 Å². The molecule has 0 aliphatic heterocycles. The van der Waals surface area contributed by atoms with Crippen LogP contribution in [0.25, 0.3) is 0 Å². The summed E-state index contributed by atoms with van der Waals surface area (Å²) in [5.74, 6) is -1.27. The van der Waals surface area contributed by atoms with Gasteiger partial charge in [-0.1, -0.05) is 71.7 Å². The number of amides is 2. The Morgan fingerprint density at radius 3 is 2.09 bits per heavy atom. The number of hydrazine groups is 1. The second-order valence-corrected chi connectivity index (χ2v) is 9.36. The van der Waals surface area contributed by atoms with E-state index in [2.05, 4.69) is 13.2 Å². The normalized spacial score (nSPS) is 20.3. The maximum Gasteiger partial charge on any atom is 0.435 e. The molecular formula is C23H28N2O7S. The monoisotopic (exact) mass is 476 g/mol. The number of benzene rings is 1. The van der Waals surface area contributed by atoms with Crippen molar-refractivity contribution in [3.63, 3.8) is 0 Å². The van der Waals surface area contributed by atoms with Gasteiger partial charge >= 0.3 is 12.2 Å². The number of sulfonamides is 1. The molecule has 0 N–H and O–H groups in total. The van der Waals surface area contributed by atoms with Gasteiger partial charge in [-0.25, -0.2) is 18.0 Å². The molecule has 178 valence electrons. The number of allylic oxidation sites excluding steroid dienone is 1. The number of hydrogen-bond donors (Lipinski definition) is 0. The molecule has 0 aromatic heterocycles. The van der Waals surface area contributed by atoms with Crippen LogP contribution in [0.15, 0.2) is 67.3 Å². The highest BCUT2D eigenvalue weighted by Crippen LogP contribution is 2.39. The fourth-order valence-corrected chi connectivity index (χ4v) is 4.81. The molecular weight excluding hydrogens is 448 g/mol. The van der Waals surface area contributed by atoms with Crippen LogP contribution in [0.3, 0.4) is 0 Å². The number of rotatable bonds is 9. The van der Waals surface area contributed by atoms with Gasteiger partial charge in [-0.15, -0.1) is 5.01 Å². The van der Waals surface area contributed by atoms with Crippen LogP contribution in [0.2, 0.25) is 0 Å². The molecule has 0 radical (unpaired) electrons. The van der Waals surface area contributed by atoms with E-state index in [1.165, 1.54) is 12.2 Å². The molecule has 2 amide bonds. The second-order valence-electron chi connectivity index (χ2n) is 7.52. The first-order valence-electron chi connectivity index (χ1n) is 10.2. The molecule has 0 bridgehead atoms. The second kappa shape index (κ2) is 11.6. The van der Waals surface area contributed by atoms with E-state index in [1.54, 1.807) is 13.0 Å². The number of hydrogen-bond acceptors (Lipinski definition) is 7. The average Bonchev–Trinajstić information content (AvgIpc) is 2.78. The molecule has 1 aromatic carbocycles. The molecule has 33 heavy (non-hydrogen) atoms. The number of nitrogens with zero attached hydrogens (tertiary/aromatic N) is 2. The molecule has 1 aromatic rings. The number of carbonyl (C=O) groups excluding carboxylic acids is 3. The van der Waals surface area contributed by atoms with Crippen LogP contribution in [-0.2, 0) is 24.3 Å². The Balaban J connectivity index is 2.63. The summed E-state index contributed by atoms with van der Waals surface area (Å²) >= 11 is 0. The van der Waals surface area contributed by atoms with Gasteiger partial charge in [-0.3, -0.25) is 0 Å². The van der Waals surface area contributed by atoms with Gasteiger partial charge in [0, 0.05) is 5.92 Å². The lowest BCUT2D eigenvalue weighted by Gasteiger charge is -2.41. The van der Waals surface area contributed by atoms with E-state index in [-0.39, 0.29) is 24.1 Å². The van der Waals surface area contributed by atoms with Crippen molar-refractivity contribution in [2.24, 2.45) is 5.92 Å². The molecule has 0 fully saturated rings. The van der Waals surface area contributed by atoms with Gasteiger partial charge in [0.15, 0.2) is 0 Å². The zero-order chi connectivity index (χ0) is 24.6. The first-order chi connectivity index (χ1) is 15.6. The van der Waals surface area contributed by atoms with E-state index in [0.29, 0.717) is 17.1 Å². The molecule has 1 aliphatic carbocycles. The van der Waals surface area contributed by atoms with Gasteiger partial charge in [-0.05, 0) is 24.8 Å². The van der Waals surface area contributed by atoms with Gasteiger partial charge in [0.05, 0.1) is 12.3 Å². The summed E-state index contributed by atoms with van der Waals surface area (Å²) in [6.07, 6.45) is 3.50. The van der Waals surface area contributed by atoms with Gasteiger partial charge in [0.25, 0.3) is 0 Å². The van der Waals surface area contributed by atoms with E-state index in [9.17, 15) is 22.8 Å². The molecule has 0 heterocycles. The van der Waals surface area contributed by atoms with Crippen molar-refractivity contribution in [1.29, 1.82) is 0 Å². The topological polar surface area (TPSA) is 110 Å². The lowest BCUT2D eigenvalue weighted by Crippen LogP contribution is -2.59. The van der Waals surface area contributed by atoms with E-state index in [0.717, 1.165) is 17.4 Å². The average molecular weight is 477 g/mol. The third-order valence-electron chi connectivity index (χ3n) is 5.03. The molecule has 10 heteroatoms. The summed E-state index contributed by atoms with van der Waals surface area (Å²) in [5.41, 5.74) is 1.62. The molecule has 2 rings (SSSR count). The minimum Gasteiger partial charge on any atom is -0.444 e. The predicted octanol–water partition coefficient (Wildman–Crippen LogP) is 3.43. The Hall–Kier alpha value is -3.24. The maximum atomic E-state index is 12.9. The minimum atomic E-state index is -4.27. The first kappa shape index (κ1) is 26.0. The Morgan fingerprint density at radius 1 is 1.09 bits per heavy atom. The van der Waals surface area contributed by atoms with Crippen molar-refractivity contribution in [3.05, 3.63) is 72.9 Å². The minimum absolute atomic E-state index is 0.265. The van der Waals surface area contributed by atoms with Crippen LogP contribution in [0, 0.1) is 5.92 Å². The van der Waals surface area contributed by atoms with Crippen LogP contribution in [0.5, 0.6) is 0 Å². The highest BCUT2D eigenvalue weighted by Gasteiger charge is 2.47. The first-order valence-corrected chi connectivity index (χ1v) is 12.0. The number of carbonyl (C=O) groups is 3. The van der Waals surface area contributed by atoms with E-state index in [4.69, 9.17) is 9.47 Å². The zero-order valence-corrected chi connectivity index (χ0v) is 19.4. The Bertz CT molecular complexity index is 997. The largest absolute Gasteiger partial charge is 0.444 e. The molecule has 3 atom stereocenters. The molecule has 0 saturated carbocycles. The SMILES string of the molecule is C=CCOC(=O)N(C(=O)OCC=C)N([C@@H]1C=C(C)C[C@H](c2ccccc2)[C@H]1C=O)S(C)(=O)=O. The van der Waals surface area contributed by atoms with Crippen molar-refractivity contribution in [1.82, 2.24) is 9.42 Å². The van der Waals surface area contributed by atoms with E-state index >= 15 is 0 Å². The Morgan fingerprint density at radius 2 is 1.64 bits per heavy atom. The third kappa shape index (κ3) is 6.39. The summed E-state index contributed by atoms with van der Waals surface area (Å²) in [5, 5.41) is 0.265. The van der Waals surface area contributed by atoms with Gasteiger partial charge in [0.1, 0.15) is 19.5 Å². The molecule has 9 nitrogen and oxygen atoms in total. The Labute approximate surface area is 194 Å². The third-order valence-corrected chi connectivity index (χ3v) is 6.11. The fraction of sp³-hybridized carbons (Fsp3) is 0.348. The van der Waals surface area contributed by atoms with Crippen molar-refractivity contribution >= 4 is 28.5 Å². The number of imide groups is 1. The lowest BCUT2D eigenvalue weighted by molar-refractivity contribution is -0.114. The molecule has 0 saturated heterocycles. The molecule has 0 spiro atoms. The maximum absolute atomic E-state index is 12.9. The summed E-state index contributed by atoms with van der Waals surface area (Å²) in [4.78, 5) is 37.8. The quantitative estimate of drug-likeness (QED) is 0.305. The zero-order valence-electron chi connectivity index (χ0n) is 18.6. The van der Waals surface area contributed by atoms with Crippen LogP contribution < -0.4 is 0 Å². The summed E-state index contributed by atoms with van der Waals surface area (Å²) in [6.45, 7) is 8.12. The van der Waals surface area contributed by atoms with Crippen molar-refractivity contribution in [3.8, 4) is 0 Å². The van der Waals surface area contributed by atoms with Gasteiger partial charge in [0.2, 0.25) is 10.0 Å². The summed E-state index contributed by atoms with van der Waals surface area (Å²) in [7, 11) is -4.27. The number of ether oxygens (including phenoxy) is 2. The highest BCUT2D eigenvalue weighted by molar-refractivity contribution is 7.88. The molecule has 0 unspecified atom stereocenters. The van der Waals surface area contributed by atoms with Gasteiger partial charge in [-0.2, -0.15) is 0 Å². The van der Waals surface area contributed by atoms with Crippen molar-refractivity contribution < 1.29 is 32.3 Å². The highest BCUT2D eigenvalue weighted by atomic mass is 32.2. The smallest absolute Gasteiger partial charge is 0.435 e. The lowest BCUT2D eigenvalue weighted by atomic mass is 9.74. The van der Waals surface area contributed by atoms with Crippen LogP contribution in [0.4, 0.5) is 9.59 Å². The van der Waals surface area contributed by atoms with Crippen LogP contribution in [-0.4, -0.2) is 61.8 Å². The molecule has 1 aliphatic rings. The summed E-state index contributed by atoms with van der Waals surface area (Å²) in [6, 6.07) is 7.98.